The van der Waals surface area contributed by atoms with Crippen molar-refractivity contribution in [3.05, 3.63) is 51.6 Å². The molecule has 2 aromatic rings. The highest BCUT2D eigenvalue weighted by molar-refractivity contribution is 7.71. The smallest absolute Gasteiger partial charge is 0.212 e. The molecule has 2 N–H and O–H groups in total. The maximum absolute atomic E-state index is 12.0. The van der Waals surface area contributed by atoms with E-state index < -0.39 is 0 Å². The van der Waals surface area contributed by atoms with Crippen LogP contribution >= 0.6 is 12.2 Å². The van der Waals surface area contributed by atoms with Crippen molar-refractivity contribution in [2.45, 2.75) is 0 Å². The molecule has 5 heteroatoms. The lowest BCUT2D eigenvalue weighted by atomic mass is 9.90. The van der Waals surface area contributed by atoms with E-state index in [1.165, 1.54) is 0 Å². The number of aromatic nitrogens is 2. The monoisotopic (exact) mass is 230 g/mol. The van der Waals surface area contributed by atoms with E-state index in [1.54, 1.807) is 24.3 Å². The topological polar surface area (TPSA) is 65.7 Å². The van der Waals surface area contributed by atoms with E-state index >= 15 is 0 Å². The standard InChI is InChI=1S/C11H6N2O2S/c14-9-5-3-1-2-4-6(5)10(15)8-7(9)12-11(16)13-8/h1-4H,(H2,12,13,16). The molecule has 3 rings (SSSR count). The van der Waals surface area contributed by atoms with E-state index in [2.05, 4.69) is 9.97 Å². The van der Waals surface area contributed by atoms with Gasteiger partial charge in [0.1, 0.15) is 11.4 Å². The molecule has 16 heavy (non-hydrogen) atoms. The van der Waals surface area contributed by atoms with Crippen molar-refractivity contribution < 1.29 is 9.59 Å². The Kier molecular flexibility index (Phi) is 1.73. The highest BCUT2D eigenvalue weighted by Gasteiger charge is 2.31. The first-order chi connectivity index (χ1) is 7.68. The van der Waals surface area contributed by atoms with Gasteiger partial charge in [0.15, 0.2) is 4.77 Å². The van der Waals surface area contributed by atoms with Crippen LogP contribution in [-0.2, 0) is 0 Å². The summed E-state index contributed by atoms with van der Waals surface area (Å²) in [5.74, 6) is -0.393. The number of imidazole rings is 1. The molecule has 0 unspecified atom stereocenters. The van der Waals surface area contributed by atoms with Gasteiger partial charge in [0.25, 0.3) is 0 Å². The van der Waals surface area contributed by atoms with E-state index in [-0.39, 0.29) is 23.0 Å². The fourth-order valence-corrected chi connectivity index (χ4v) is 2.08. The van der Waals surface area contributed by atoms with Crippen LogP contribution < -0.4 is 0 Å². The van der Waals surface area contributed by atoms with Gasteiger partial charge in [-0.3, -0.25) is 9.59 Å². The Labute approximate surface area is 95.3 Å². The molecule has 78 valence electrons. The Balaban J connectivity index is 2.38. The lowest BCUT2D eigenvalue weighted by Crippen LogP contribution is -2.20. The van der Waals surface area contributed by atoms with Crippen LogP contribution in [0.2, 0.25) is 0 Å². The average molecular weight is 230 g/mol. The van der Waals surface area contributed by atoms with E-state index in [9.17, 15) is 9.59 Å². The van der Waals surface area contributed by atoms with Crippen molar-refractivity contribution >= 4 is 23.8 Å². The summed E-state index contributed by atoms with van der Waals surface area (Å²) in [6.45, 7) is 0. The van der Waals surface area contributed by atoms with Gasteiger partial charge in [-0.05, 0) is 12.2 Å². The molecule has 1 aliphatic rings. The number of ketones is 2. The summed E-state index contributed by atoms with van der Waals surface area (Å²) in [4.78, 5) is 29.4. The predicted octanol–water partition coefficient (Wildman–Crippen LogP) is 1.85. The molecule has 0 spiro atoms. The molecule has 1 aromatic heterocycles. The minimum absolute atomic E-state index is 0.197. The molecule has 0 saturated carbocycles. The number of benzene rings is 1. The third kappa shape index (κ3) is 1.06. The zero-order chi connectivity index (χ0) is 11.3. The summed E-state index contributed by atoms with van der Waals surface area (Å²) < 4.78 is 0.291. The zero-order valence-electron chi connectivity index (χ0n) is 8.03. The lowest BCUT2D eigenvalue weighted by Gasteiger charge is -2.12. The van der Waals surface area contributed by atoms with Crippen molar-refractivity contribution in [2.24, 2.45) is 0 Å². The predicted molar refractivity (Wildman–Crippen MR) is 59.3 cm³/mol. The maximum atomic E-state index is 12.0. The van der Waals surface area contributed by atoms with Gasteiger partial charge < -0.3 is 9.97 Å². The Hall–Kier alpha value is -2.01. The first-order valence-electron chi connectivity index (χ1n) is 4.69. The second kappa shape index (κ2) is 2.99. The van der Waals surface area contributed by atoms with Crippen LogP contribution in [0, 0.1) is 4.77 Å². The van der Waals surface area contributed by atoms with Gasteiger partial charge in [0.05, 0.1) is 0 Å². The first kappa shape index (κ1) is 9.23. The molecular formula is C11H6N2O2S. The number of nitrogens with one attached hydrogen (secondary N) is 2. The number of hydrogen-bond donors (Lipinski definition) is 2. The van der Waals surface area contributed by atoms with Crippen LogP contribution in [0.25, 0.3) is 0 Å². The van der Waals surface area contributed by atoms with Gasteiger partial charge >= 0.3 is 0 Å². The zero-order valence-corrected chi connectivity index (χ0v) is 8.85. The second-order valence-electron chi connectivity index (χ2n) is 3.53. The van der Waals surface area contributed by atoms with Crippen LogP contribution in [0.4, 0.5) is 0 Å². The molecule has 1 aromatic carbocycles. The normalized spacial score (nSPS) is 13.5. The van der Waals surface area contributed by atoms with E-state index in [1.807, 2.05) is 0 Å². The molecule has 0 bridgehead atoms. The Morgan fingerprint density at radius 2 is 1.31 bits per heavy atom. The van der Waals surface area contributed by atoms with Gasteiger partial charge in [-0.2, -0.15) is 0 Å². The highest BCUT2D eigenvalue weighted by atomic mass is 32.1. The molecule has 0 amide bonds. The van der Waals surface area contributed by atoms with Crippen molar-refractivity contribution in [3.8, 4) is 0 Å². The van der Waals surface area contributed by atoms with Crippen LogP contribution in [0.1, 0.15) is 32.1 Å². The second-order valence-corrected chi connectivity index (χ2v) is 3.94. The van der Waals surface area contributed by atoms with Crippen LogP contribution in [0.5, 0.6) is 0 Å². The van der Waals surface area contributed by atoms with Crippen LogP contribution in [0.3, 0.4) is 0 Å². The van der Waals surface area contributed by atoms with Crippen molar-refractivity contribution in [2.75, 3.05) is 0 Å². The molecule has 1 heterocycles. The molecule has 1 aliphatic carbocycles. The van der Waals surface area contributed by atoms with Gasteiger partial charge in [-0.25, -0.2) is 0 Å². The number of H-pyrrole nitrogens is 2. The van der Waals surface area contributed by atoms with Gasteiger partial charge in [-0.1, -0.05) is 24.3 Å². The number of carbonyl (C=O) groups excluding carboxylic acids is 2. The van der Waals surface area contributed by atoms with E-state index in [0.717, 1.165) is 0 Å². The van der Waals surface area contributed by atoms with Gasteiger partial charge in [0.2, 0.25) is 11.6 Å². The lowest BCUT2D eigenvalue weighted by molar-refractivity contribution is 0.0974. The molecule has 0 saturated heterocycles. The molecule has 0 atom stereocenters. The van der Waals surface area contributed by atoms with Crippen molar-refractivity contribution in [3.63, 3.8) is 0 Å². The third-order valence-corrected chi connectivity index (χ3v) is 2.80. The summed E-state index contributed by atoms with van der Waals surface area (Å²) in [5, 5.41) is 0. The summed E-state index contributed by atoms with van der Waals surface area (Å²) in [6.07, 6.45) is 0. The van der Waals surface area contributed by atoms with Gasteiger partial charge in [0, 0.05) is 11.1 Å². The first-order valence-corrected chi connectivity index (χ1v) is 5.10. The number of rotatable bonds is 0. The largest absolute Gasteiger partial charge is 0.327 e. The summed E-state index contributed by atoms with van der Waals surface area (Å²) in [7, 11) is 0. The van der Waals surface area contributed by atoms with Crippen molar-refractivity contribution in [1.29, 1.82) is 0 Å². The Morgan fingerprint density at radius 3 is 1.75 bits per heavy atom. The minimum atomic E-state index is -0.197. The summed E-state index contributed by atoms with van der Waals surface area (Å²) in [6, 6.07) is 6.75. The van der Waals surface area contributed by atoms with Crippen LogP contribution in [-0.4, -0.2) is 21.5 Å². The van der Waals surface area contributed by atoms with Crippen LogP contribution in [0.15, 0.2) is 24.3 Å². The van der Waals surface area contributed by atoms with E-state index in [0.29, 0.717) is 15.9 Å². The van der Waals surface area contributed by atoms with Gasteiger partial charge in [-0.15, -0.1) is 0 Å². The van der Waals surface area contributed by atoms with E-state index in [4.69, 9.17) is 12.2 Å². The highest BCUT2D eigenvalue weighted by Crippen LogP contribution is 2.24. The third-order valence-electron chi connectivity index (χ3n) is 2.60. The molecule has 0 fully saturated rings. The SMILES string of the molecule is O=C1c2ccccc2C(=O)c2[nH]c(=S)[nH]c21. The molecule has 4 nitrogen and oxygen atoms in total. The summed E-state index contributed by atoms with van der Waals surface area (Å²) >= 11 is 4.88. The average Bonchev–Trinajstić information content (AvgIpc) is 2.68. The minimum Gasteiger partial charge on any atom is -0.327 e. The number of carbonyl (C=O) groups is 2. The number of fused-ring (bicyclic) bond motifs is 2. The fraction of sp³-hybridized carbons (Fsp3) is 0. The Morgan fingerprint density at radius 1 is 0.875 bits per heavy atom. The number of aromatic amines is 2. The Bertz CT molecular complexity index is 626. The number of hydrogen-bond acceptors (Lipinski definition) is 3. The van der Waals surface area contributed by atoms with Crippen molar-refractivity contribution in [1.82, 2.24) is 9.97 Å². The maximum Gasteiger partial charge on any atom is 0.212 e. The molecule has 0 radical (unpaired) electrons. The quantitative estimate of drug-likeness (QED) is 0.579. The molecule has 0 aliphatic heterocycles. The fourth-order valence-electron chi connectivity index (χ4n) is 1.87. The summed E-state index contributed by atoms with van der Waals surface area (Å²) in [5.41, 5.74) is 1.36. The molecular weight excluding hydrogens is 224 g/mol.